The molecule has 1 aromatic carbocycles. The molecule has 1 aliphatic carbocycles. The summed E-state index contributed by atoms with van der Waals surface area (Å²) in [4.78, 5) is 12.3. The Labute approximate surface area is 162 Å². The Morgan fingerprint density at radius 3 is 2.68 bits per heavy atom. The quantitative estimate of drug-likeness (QED) is 0.685. The molecule has 0 radical (unpaired) electrons. The summed E-state index contributed by atoms with van der Waals surface area (Å²) < 4.78 is 33.9. The van der Waals surface area contributed by atoms with Gasteiger partial charge in [0.15, 0.2) is 0 Å². The number of halogens is 2. The first-order valence-electron chi connectivity index (χ1n) is 8.14. The van der Waals surface area contributed by atoms with E-state index in [0.29, 0.717) is 27.9 Å². The Morgan fingerprint density at radius 1 is 1.36 bits per heavy atom. The van der Waals surface area contributed by atoms with Crippen molar-refractivity contribution in [1.82, 2.24) is 4.72 Å². The van der Waals surface area contributed by atoms with E-state index in [9.17, 15) is 13.2 Å². The molecule has 25 heavy (non-hydrogen) atoms. The predicted molar refractivity (Wildman–Crippen MR) is 102 cm³/mol. The number of sulfonamides is 1. The van der Waals surface area contributed by atoms with Crippen LogP contribution >= 0.6 is 27.5 Å². The topological polar surface area (TPSA) is 72.5 Å². The van der Waals surface area contributed by atoms with Gasteiger partial charge < -0.3 is 4.74 Å². The molecule has 0 heterocycles. The lowest BCUT2D eigenvalue weighted by molar-refractivity contribution is -0.160. The average Bonchev–Trinajstić information content (AvgIpc) is 2.88. The van der Waals surface area contributed by atoms with Crippen molar-refractivity contribution in [2.24, 2.45) is 5.92 Å². The van der Waals surface area contributed by atoms with Crippen molar-refractivity contribution < 1.29 is 17.9 Å². The highest BCUT2D eigenvalue weighted by molar-refractivity contribution is 9.10. The lowest BCUT2D eigenvalue weighted by Gasteiger charge is -2.25. The molecule has 1 fully saturated rings. The molecule has 0 bridgehead atoms. The molecule has 2 atom stereocenters. The SMILES string of the molecule is CC(C)(C)OC(=O)C1CCCC1NS(=O)(=O)Cc1cc(Cl)ccc1Br. The molecule has 5 nitrogen and oxygen atoms in total. The minimum Gasteiger partial charge on any atom is -0.460 e. The van der Waals surface area contributed by atoms with E-state index in [2.05, 4.69) is 20.7 Å². The van der Waals surface area contributed by atoms with E-state index in [4.69, 9.17) is 16.3 Å². The number of carbonyl (C=O) groups is 1. The first-order chi connectivity index (χ1) is 11.5. The minimum atomic E-state index is -3.61. The third-order valence-electron chi connectivity index (χ3n) is 3.91. The number of rotatable bonds is 5. The molecular formula is C17H23BrClNO4S. The number of benzene rings is 1. The standard InChI is InChI=1S/C17H23BrClNO4S/c1-17(2,3)24-16(21)13-5-4-6-15(13)20-25(22,23)10-11-9-12(19)7-8-14(11)18/h7-9,13,15,20H,4-6,10H2,1-3H3. The minimum absolute atomic E-state index is 0.203. The van der Waals surface area contributed by atoms with Crippen molar-refractivity contribution in [3.8, 4) is 0 Å². The Morgan fingerprint density at radius 2 is 2.04 bits per heavy atom. The Hall–Kier alpha value is -0.630. The van der Waals surface area contributed by atoms with Crippen molar-refractivity contribution in [1.29, 1.82) is 0 Å². The molecule has 1 aromatic rings. The van der Waals surface area contributed by atoms with E-state index in [1.54, 1.807) is 39.0 Å². The van der Waals surface area contributed by atoms with Crippen LogP contribution in [0.4, 0.5) is 0 Å². The Balaban J connectivity index is 2.08. The second-order valence-corrected chi connectivity index (χ2v) is 10.3. The van der Waals surface area contributed by atoms with Crippen LogP contribution in [-0.4, -0.2) is 26.0 Å². The summed E-state index contributed by atoms with van der Waals surface area (Å²) in [7, 11) is -3.61. The highest BCUT2D eigenvalue weighted by Gasteiger charge is 2.38. The molecule has 8 heteroatoms. The monoisotopic (exact) mass is 451 g/mol. The summed E-state index contributed by atoms with van der Waals surface area (Å²) in [6.45, 7) is 5.40. The van der Waals surface area contributed by atoms with Crippen molar-refractivity contribution in [3.63, 3.8) is 0 Å². The second kappa shape index (κ2) is 7.94. The van der Waals surface area contributed by atoms with Crippen LogP contribution in [-0.2, 0) is 25.3 Å². The van der Waals surface area contributed by atoms with Crippen LogP contribution in [0.1, 0.15) is 45.6 Å². The van der Waals surface area contributed by atoms with Crippen LogP contribution in [0, 0.1) is 5.92 Å². The maximum absolute atomic E-state index is 12.5. The molecule has 0 saturated heterocycles. The molecule has 0 spiro atoms. The largest absolute Gasteiger partial charge is 0.460 e. The van der Waals surface area contributed by atoms with Crippen LogP contribution in [0.15, 0.2) is 22.7 Å². The third kappa shape index (κ3) is 6.24. The smallest absolute Gasteiger partial charge is 0.311 e. The van der Waals surface area contributed by atoms with Crippen molar-refractivity contribution in [3.05, 3.63) is 33.3 Å². The summed E-state index contributed by atoms with van der Waals surface area (Å²) in [6, 6.07) is 4.58. The van der Waals surface area contributed by atoms with Gasteiger partial charge in [-0.1, -0.05) is 34.0 Å². The zero-order valence-corrected chi connectivity index (χ0v) is 17.7. The van der Waals surface area contributed by atoms with Gasteiger partial charge in [-0.2, -0.15) is 0 Å². The summed E-state index contributed by atoms with van der Waals surface area (Å²) in [6.07, 6.45) is 2.04. The zero-order valence-electron chi connectivity index (χ0n) is 14.5. The Bertz CT molecular complexity index is 746. The zero-order chi connectivity index (χ0) is 18.8. The number of carbonyl (C=O) groups excluding carboxylic acids is 1. The second-order valence-electron chi connectivity index (χ2n) is 7.29. The average molecular weight is 453 g/mol. The van der Waals surface area contributed by atoms with E-state index in [1.165, 1.54) is 0 Å². The van der Waals surface area contributed by atoms with Crippen molar-refractivity contribution in [2.75, 3.05) is 0 Å². The highest BCUT2D eigenvalue weighted by Crippen LogP contribution is 2.30. The molecule has 1 aliphatic rings. The number of nitrogens with one attached hydrogen (secondary N) is 1. The van der Waals surface area contributed by atoms with Gasteiger partial charge in [-0.3, -0.25) is 4.79 Å². The summed E-state index contributed by atoms with van der Waals surface area (Å²) in [5, 5.41) is 0.473. The maximum atomic E-state index is 12.5. The van der Waals surface area contributed by atoms with E-state index >= 15 is 0 Å². The van der Waals surface area contributed by atoms with Crippen LogP contribution in [0.2, 0.25) is 5.02 Å². The first kappa shape index (κ1) is 20.7. The maximum Gasteiger partial charge on any atom is 0.311 e. The molecule has 0 amide bonds. The molecule has 0 aliphatic heterocycles. The fourth-order valence-electron chi connectivity index (χ4n) is 2.89. The highest BCUT2D eigenvalue weighted by atomic mass is 79.9. The lowest BCUT2D eigenvalue weighted by Crippen LogP contribution is -2.42. The molecule has 0 aromatic heterocycles. The van der Waals surface area contributed by atoms with Crippen LogP contribution in [0.5, 0.6) is 0 Å². The van der Waals surface area contributed by atoms with Gasteiger partial charge in [0.05, 0.1) is 11.7 Å². The normalized spacial score (nSPS) is 21.3. The number of ether oxygens (including phenoxy) is 1. The summed E-state index contributed by atoms with van der Waals surface area (Å²) >= 11 is 9.28. The molecule has 2 unspecified atom stereocenters. The van der Waals surface area contributed by atoms with Gasteiger partial charge in [0, 0.05) is 15.5 Å². The molecule has 1 saturated carbocycles. The summed E-state index contributed by atoms with van der Waals surface area (Å²) in [5.74, 6) is -0.996. The number of hydrogen-bond acceptors (Lipinski definition) is 4. The van der Waals surface area contributed by atoms with Gasteiger partial charge in [0.1, 0.15) is 5.60 Å². The number of esters is 1. The fraction of sp³-hybridized carbons (Fsp3) is 0.588. The van der Waals surface area contributed by atoms with Gasteiger partial charge in [0.25, 0.3) is 0 Å². The lowest BCUT2D eigenvalue weighted by atomic mass is 10.0. The van der Waals surface area contributed by atoms with Gasteiger partial charge in [-0.05, 0) is 57.4 Å². The van der Waals surface area contributed by atoms with Gasteiger partial charge in [-0.25, -0.2) is 13.1 Å². The molecule has 2 rings (SSSR count). The van der Waals surface area contributed by atoms with Crippen LogP contribution in [0.3, 0.4) is 0 Å². The number of hydrogen-bond donors (Lipinski definition) is 1. The third-order valence-corrected chi connectivity index (χ3v) is 6.27. The molecule has 140 valence electrons. The van der Waals surface area contributed by atoms with E-state index in [1.807, 2.05) is 0 Å². The molecular weight excluding hydrogens is 430 g/mol. The van der Waals surface area contributed by atoms with Crippen molar-refractivity contribution in [2.45, 2.75) is 57.4 Å². The summed E-state index contributed by atoms with van der Waals surface area (Å²) in [5.41, 5.74) is -0.0128. The van der Waals surface area contributed by atoms with Gasteiger partial charge in [-0.15, -0.1) is 0 Å². The van der Waals surface area contributed by atoms with E-state index in [0.717, 1.165) is 6.42 Å². The van der Waals surface area contributed by atoms with E-state index < -0.39 is 27.6 Å². The predicted octanol–water partition coefficient (Wildman–Crippen LogP) is 4.03. The van der Waals surface area contributed by atoms with E-state index in [-0.39, 0.29) is 11.7 Å². The van der Waals surface area contributed by atoms with Gasteiger partial charge in [0.2, 0.25) is 10.0 Å². The van der Waals surface area contributed by atoms with Crippen molar-refractivity contribution >= 4 is 43.5 Å². The first-order valence-corrected chi connectivity index (χ1v) is 11.0. The molecule has 1 N–H and O–H groups in total. The van der Waals surface area contributed by atoms with Gasteiger partial charge >= 0.3 is 5.97 Å². The van der Waals surface area contributed by atoms with Crippen LogP contribution < -0.4 is 4.72 Å². The van der Waals surface area contributed by atoms with Crippen LogP contribution in [0.25, 0.3) is 0 Å². The fourth-order valence-corrected chi connectivity index (χ4v) is 5.13. The Kier molecular flexibility index (Phi) is 6.57.